The van der Waals surface area contributed by atoms with Crippen LogP contribution in [0.4, 0.5) is 5.95 Å². The van der Waals surface area contributed by atoms with Crippen molar-refractivity contribution in [3.63, 3.8) is 0 Å². The molecule has 1 aliphatic carbocycles. The molecule has 0 saturated heterocycles. The summed E-state index contributed by atoms with van der Waals surface area (Å²) in [5.74, 6) is 0.703. The maximum absolute atomic E-state index is 12.9. The Bertz CT molecular complexity index is 970. The first kappa shape index (κ1) is 17.1. The van der Waals surface area contributed by atoms with Crippen molar-refractivity contribution in [3.05, 3.63) is 53.2 Å². The minimum absolute atomic E-state index is 0.136. The Morgan fingerprint density at radius 1 is 1.15 bits per heavy atom. The number of amides is 1. The van der Waals surface area contributed by atoms with Crippen molar-refractivity contribution in [2.24, 2.45) is 0 Å². The van der Waals surface area contributed by atoms with Gasteiger partial charge < -0.3 is 15.1 Å². The maximum atomic E-state index is 12.9. The molecule has 0 aliphatic heterocycles. The van der Waals surface area contributed by atoms with Crippen molar-refractivity contribution >= 4 is 11.9 Å². The van der Waals surface area contributed by atoms with Gasteiger partial charge in [-0.3, -0.25) is 4.79 Å². The maximum Gasteiger partial charge on any atom is 0.273 e. The second-order valence-corrected chi connectivity index (χ2v) is 6.59. The third-order valence-electron chi connectivity index (χ3n) is 4.61. The molecule has 0 spiro atoms. The molecule has 0 unspecified atom stereocenters. The van der Waals surface area contributed by atoms with Crippen LogP contribution in [0.1, 0.15) is 40.5 Å². The Balaban J connectivity index is 1.54. The van der Waals surface area contributed by atoms with Crippen molar-refractivity contribution in [2.45, 2.75) is 32.2 Å². The molecule has 1 amide bonds. The van der Waals surface area contributed by atoms with Crippen LogP contribution in [0, 0.1) is 0 Å². The van der Waals surface area contributed by atoms with Crippen molar-refractivity contribution in [2.75, 3.05) is 12.8 Å². The summed E-state index contributed by atoms with van der Waals surface area (Å²) >= 11 is 0. The first-order valence-corrected chi connectivity index (χ1v) is 8.90. The Morgan fingerprint density at radius 3 is 2.74 bits per heavy atom. The number of aryl methyl sites for hydroxylation is 1. The zero-order valence-electron chi connectivity index (χ0n) is 15.1. The number of anilines is 1. The molecule has 1 aromatic carbocycles. The smallest absolute Gasteiger partial charge is 0.273 e. The van der Waals surface area contributed by atoms with Crippen LogP contribution >= 0.6 is 0 Å². The van der Waals surface area contributed by atoms with Gasteiger partial charge >= 0.3 is 0 Å². The van der Waals surface area contributed by atoms with E-state index in [9.17, 15) is 4.79 Å². The summed E-state index contributed by atoms with van der Waals surface area (Å²) in [6.45, 7) is 0.192. The fourth-order valence-corrected chi connectivity index (χ4v) is 3.26. The standard InChI is InChI=1S/C19H20N6O2/c1-25(11-15-23-24-17(27-15)12-7-3-2-4-8-12)18(26)16-13-9-5-6-10-14(13)21-19(20)22-16/h2-4,7-8H,5-6,9-11H2,1H3,(H2,20,21,22). The van der Waals surface area contributed by atoms with E-state index in [1.54, 1.807) is 7.05 Å². The molecule has 0 fully saturated rings. The van der Waals surface area contributed by atoms with E-state index < -0.39 is 0 Å². The van der Waals surface area contributed by atoms with Gasteiger partial charge in [0.05, 0.1) is 6.54 Å². The Labute approximate surface area is 156 Å². The highest BCUT2D eigenvalue weighted by Gasteiger charge is 2.25. The monoisotopic (exact) mass is 364 g/mol. The van der Waals surface area contributed by atoms with Gasteiger partial charge in [-0.2, -0.15) is 0 Å². The third kappa shape index (κ3) is 3.51. The molecule has 0 bridgehead atoms. The zero-order chi connectivity index (χ0) is 18.8. The topological polar surface area (TPSA) is 111 Å². The quantitative estimate of drug-likeness (QED) is 0.756. The highest BCUT2D eigenvalue weighted by atomic mass is 16.4. The third-order valence-corrected chi connectivity index (χ3v) is 4.61. The first-order valence-electron chi connectivity index (χ1n) is 8.90. The van der Waals surface area contributed by atoms with Gasteiger partial charge in [0.2, 0.25) is 17.7 Å². The van der Waals surface area contributed by atoms with E-state index in [-0.39, 0.29) is 18.4 Å². The van der Waals surface area contributed by atoms with Gasteiger partial charge in [-0.25, -0.2) is 9.97 Å². The highest BCUT2D eigenvalue weighted by molar-refractivity contribution is 5.94. The second-order valence-electron chi connectivity index (χ2n) is 6.59. The molecule has 138 valence electrons. The van der Waals surface area contributed by atoms with Crippen molar-refractivity contribution in [1.82, 2.24) is 25.1 Å². The number of fused-ring (bicyclic) bond motifs is 1. The number of nitrogens with two attached hydrogens (primary N) is 1. The predicted octanol–water partition coefficient (Wildman–Crippen LogP) is 2.26. The van der Waals surface area contributed by atoms with E-state index in [4.69, 9.17) is 10.2 Å². The molecule has 0 atom stereocenters. The van der Waals surface area contributed by atoms with Crippen LogP contribution < -0.4 is 5.73 Å². The fraction of sp³-hybridized carbons (Fsp3) is 0.316. The number of benzene rings is 1. The largest absolute Gasteiger partial charge is 0.419 e. The average molecular weight is 364 g/mol. The lowest BCUT2D eigenvalue weighted by molar-refractivity contribution is 0.0765. The number of nitrogens with zero attached hydrogens (tertiary/aromatic N) is 5. The summed E-state index contributed by atoms with van der Waals surface area (Å²) in [5.41, 5.74) is 8.81. The normalized spacial score (nSPS) is 13.2. The van der Waals surface area contributed by atoms with Crippen LogP contribution in [0.2, 0.25) is 0 Å². The fourth-order valence-electron chi connectivity index (χ4n) is 3.26. The molecule has 2 heterocycles. The molecule has 27 heavy (non-hydrogen) atoms. The van der Waals surface area contributed by atoms with E-state index in [0.717, 1.165) is 42.5 Å². The van der Waals surface area contributed by atoms with E-state index >= 15 is 0 Å². The summed E-state index contributed by atoms with van der Waals surface area (Å²) in [4.78, 5) is 23.0. The molecule has 8 nitrogen and oxygen atoms in total. The molecular formula is C19H20N6O2. The van der Waals surface area contributed by atoms with E-state index in [2.05, 4.69) is 20.2 Å². The Kier molecular flexibility index (Phi) is 4.53. The number of hydrogen-bond donors (Lipinski definition) is 1. The van der Waals surface area contributed by atoms with Gasteiger partial charge in [-0.05, 0) is 37.8 Å². The SMILES string of the molecule is CN(Cc1nnc(-c2ccccc2)o1)C(=O)c1nc(N)nc2c1CCCC2. The van der Waals surface area contributed by atoms with Gasteiger partial charge in [0.1, 0.15) is 5.69 Å². The van der Waals surface area contributed by atoms with Crippen LogP contribution in [0.5, 0.6) is 0 Å². The van der Waals surface area contributed by atoms with E-state index in [1.165, 1.54) is 4.90 Å². The lowest BCUT2D eigenvalue weighted by Gasteiger charge is -2.21. The molecule has 0 radical (unpaired) electrons. The molecule has 4 rings (SSSR count). The van der Waals surface area contributed by atoms with Crippen LogP contribution in [-0.2, 0) is 19.4 Å². The number of rotatable bonds is 4. The van der Waals surface area contributed by atoms with Crippen molar-refractivity contribution in [3.8, 4) is 11.5 Å². The molecule has 8 heteroatoms. The highest BCUT2D eigenvalue weighted by Crippen LogP contribution is 2.24. The number of nitrogen functional groups attached to an aromatic ring is 1. The van der Waals surface area contributed by atoms with Crippen LogP contribution in [0.3, 0.4) is 0 Å². The number of hydrogen-bond acceptors (Lipinski definition) is 7. The van der Waals surface area contributed by atoms with Crippen molar-refractivity contribution < 1.29 is 9.21 Å². The number of aromatic nitrogens is 4. The molecule has 0 saturated carbocycles. The van der Waals surface area contributed by atoms with E-state index in [1.807, 2.05) is 30.3 Å². The minimum atomic E-state index is -0.221. The number of carbonyl (C=O) groups excluding carboxylic acids is 1. The Hall–Kier alpha value is -3.29. The van der Waals surface area contributed by atoms with Gasteiger partial charge in [-0.15, -0.1) is 10.2 Å². The van der Waals surface area contributed by atoms with Gasteiger partial charge in [0, 0.05) is 23.9 Å². The molecule has 1 aliphatic rings. The Morgan fingerprint density at radius 2 is 1.93 bits per heavy atom. The van der Waals surface area contributed by atoms with Gasteiger partial charge in [0.25, 0.3) is 5.91 Å². The summed E-state index contributed by atoms with van der Waals surface area (Å²) in [6, 6.07) is 9.50. The molecule has 3 aromatic rings. The van der Waals surface area contributed by atoms with Crippen LogP contribution in [-0.4, -0.2) is 38.0 Å². The molecule has 2 aromatic heterocycles. The average Bonchev–Trinajstić information content (AvgIpc) is 3.16. The second kappa shape index (κ2) is 7.14. The van der Waals surface area contributed by atoms with Crippen LogP contribution in [0.15, 0.2) is 34.7 Å². The first-order chi connectivity index (χ1) is 13.1. The lowest BCUT2D eigenvalue weighted by Crippen LogP contribution is -2.30. The van der Waals surface area contributed by atoms with E-state index in [0.29, 0.717) is 17.5 Å². The molecule has 2 N–H and O–H groups in total. The minimum Gasteiger partial charge on any atom is -0.419 e. The number of carbonyl (C=O) groups is 1. The molecular weight excluding hydrogens is 344 g/mol. The van der Waals surface area contributed by atoms with Crippen molar-refractivity contribution in [1.29, 1.82) is 0 Å². The summed E-state index contributed by atoms with van der Waals surface area (Å²) in [5, 5.41) is 8.10. The summed E-state index contributed by atoms with van der Waals surface area (Å²) in [6.07, 6.45) is 3.70. The van der Waals surface area contributed by atoms with Gasteiger partial charge in [0.15, 0.2) is 0 Å². The lowest BCUT2D eigenvalue weighted by atomic mass is 9.94. The summed E-state index contributed by atoms with van der Waals surface area (Å²) in [7, 11) is 1.68. The predicted molar refractivity (Wildman–Crippen MR) is 98.6 cm³/mol. The zero-order valence-corrected chi connectivity index (χ0v) is 15.1. The summed E-state index contributed by atoms with van der Waals surface area (Å²) < 4.78 is 5.69. The van der Waals surface area contributed by atoms with Gasteiger partial charge in [-0.1, -0.05) is 18.2 Å². The van der Waals surface area contributed by atoms with Crippen LogP contribution in [0.25, 0.3) is 11.5 Å².